The number of carbonyl (C=O) groups excluding carboxylic acids is 1. The molecule has 268 valence electrons. The van der Waals surface area contributed by atoms with Crippen LogP contribution in [0.25, 0.3) is 11.3 Å². The number of fused-ring (bicyclic) bond motifs is 5. The molecule has 3 unspecified atom stereocenters. The number of ether oxygens (including phenoxy) is 1. The van der Waals surface area contributed by atoms with E-state index in [0.717, 1.165) is 60.3 Å². The fourth-order valence-electron chi connectivity index (χ4n) is 7.89. The van der Waals surface area contributed by atoms with Crippen LogP contribution < -0.4 is 14.4 Å². The average molecular weight is 710 g/mol. The van der Waals surface area contributed by atoms with Gasteiger partial charge in [0, 0.05) is 30.3 Å². The van der Waals surface area contributed by atoms with Gasteiger partial charge >= 0.3 is 0 Å². The van der Waals surface area contributed by atoms with Crippen molar-refractivity contribution >= 4 is 27.7 Å². The van der Waals surface area contributed by atoms with Gasteiger partial charge in [-0.2, -0.15) is 4.98 Å². The SMILES string of the molecule is Cc1cccc(C)c1-c1cc2nc(n1)NS(=O)(=O)c1cccc(c1)C(=O)N1C(c3cncc(N(C)C4CCC4)n3)CCCC(CC(C)C)C1CO2. The van der Waals surface area contributed by atoms with Crippen LogP contribution in [0.15, 0.2) is 65.8 Å². The minimum atomic E-state index is -4.18. The summed E-state index contributed by atoms with van der Waals surface area (Å²) in [5.74, 6) is 1.14. The largest absolute Gasteiger partial charge is 0.475 e. The van der Waals surface area contributed by atoms with Gasteiger partial charge in [0.2, 0.25) is 11.8 Å². The van der Waals surface area contributed by atoms with Crippen molar-refractivity contribution in [3.05, 3.63) is 83.3 Å². The summed E-state index contributed by atoms with van der Waals surface area (Å²) in [5, 5.41) is 0. The first-order valence-corrected chi connectivity index (χ1v) is 19.6. The molecular formula is C39H47N7O4S. The molecular weight excluding hydrogens is 663 g/mol. The van der Waals surface area contributed by atoms with Crippen LogP contribution in [0.4, 0.5) is 11.8 Å². The molecule has 3 atom stereocenters. The van der Waals surface area contributed by atoms with Gasteiger partial charge in [0.25, 0.3) is 15.9 Å². The van der Waals surface area contributed by atoms with Crippen molar-refractivity contribution in [2.24, 2.45) is 11.8 Å². The maximum Gasteiger partial charge on any atom is 0.264 e. The van der Waals surface area contributed by atoms with Gasteiger partial charge < -0.3 is 14.5 Å². The van der Waals surface area contributed by atoms with Crippen molar-refractivity contribution in [3.63, 3.8) is 0 Å². The van der Waals surface area contributed by atoms with Crippen LogP contribution in [0.5, 0.6) is 5.88 Å². The molecule has 0 spiro atoms. The zero-order chi connectivity index (χ0) is 35.9. The molecule has 2 aromatic heterocycles. The van der Waals surface area contributed by atoms with Crippen molar-refractivity contribution in [3.8, 4) is 17.1 Å². The van der Waals surface area contributed by atoms with Crippen LogP contribution in [0, 0.1) is 25.7 Å². The minimum absolute atomic E-state index is 0.0540. The van der Waals surface area contributed by atoms with Crippen molar-refractivity contribution < 1.29 is 17.9 Å². The van der Waals surface area contributed by atoms with Crippen molar-refractivity contribution in [1.29, 1.82) is 0 Å². The Morgan fingerprint density at radius 1 is 0.961 bits per heavy atom. The first-order valence-electron chi connectivity index (χ1n) is 18.1. The van der Waals surface area contributed by atoms with Crippen LogP contribution in [0.1, 0.15) is 92.0 Å². The van der Waals surface area contributed by atoms with E-state index in [2.05, 4.69) is 45.5 Å². The quantitative estimate of drug-likeness (QED) is 0.222. The molecule has 3 aliphatic rings. The lowest BCUT2D eigenvalue weighted by molar-refractivity contribution is 0.0353. The minimum Gasteiger partial charge on any atom is -0.475 e. The highest BCUT2D eigenvalue weighted by Gasteiger charge is 2.41. The zero-order valence-electron chi connectivity index (χ0n) is 30.0. The number of aryl methyl sites for hydroxylation is 2. The van der Waals surface area contributed by atoms with Gasteiger partial charge in [0.05, 0.1) is 40.8 Å². The fraction of sp³-hybridized carbons (Fsp3) is 0.462. The molecule has 2 aromatic carbocycles. The summed E-state index contributed by atoms with van der Waals surface area (Å²) in [7, 11) is -2.12. The molecule has 4 aromatic rings. The molecule has 1 saturated carbocycles. The highest BCUT2D eigenvalue weighted by Crippen LogP contribution is 2.40. The molecule has 4 bridgehead atoms. The predicted molar refractivity (Wildman–Crippen MR) is 197 cm³/mol. The Kier molecular flexibility index (Phi) is 9.71. The van der Waals surface area contributed by atoms with E-state index in [9.17, 15) is 13.2 Å². The molecule has 1 aliphatic carbocycles. The van der Waals surface area contributed by atoms with E-state index in [1.165, 1.54) is 18.6 Å². The normalized spacial score (nSPS) is 21.9. The van der Waals surface area contributed by atoms with Crippen LogP contribution in [0.3, 0.4) is 0 Å². The van der Waals surface area contributed by atoms with E-state index in [4.69, 9.17) is 9.72 Å². The molecule has 51 heavy (non-hydrogen) atoms. The van der Waals surface area contributed by atoms with Crippen molar-refractivity contribution in [2.75, 3.05) is 23.3 Å². The van der Waals surface area contributed by atoms with Gasteiger partial charge in [-0.15, -0.1) is 0 Å². The summed E-state index contributed by atoms with van der Waals surface area (Å²) in [4.78, 5) is 38.0. The number of hydrogen-bond acceptors (Lipinski definition) is 9. The van der Waals surface area contributed by atoms with Gasteiger partial charge in [0.15, 0.2) is 0 Å². The lowest BCUT2D eigenvalue weighted by Crippen LogP contribution is -2.49. The number of nitrogens with one attached hydrogen (secondary N) is 1. The monoisotopic (exact) mass is 709 g/mol. The third-order valence-electron chi connectivity index (χ3n) is 10.7. The first kappa shape index (κ1) is 34.9. The highest BCUT2D eigenvalue weighted by molar-refractivity contribution is 7.92. The zero-order valence-corrected chi connectivity index (χ0v) is 30.9. The molecule has 2 aliphatic heterocycles. The molecule has 11 nitrogen and oxygen atoms in total. The maximum absolute atomic E-state index is 15.0. The summed E-state index contributed by atoms with van der Waals surface area (Å²) in [6.45, 7) is 8.55. The van der Waals surface area contributed by atoms with Gasteiger partial charge in [-0.3, -0.25) is 9.78 Å². The standard InChI is InChI=1S/C39H47N7O4S/c1-24(2)18-27-12-8-17-33(32-21-40-22-35(41-32)45(5)29-14-9-15-29)46-34(27)23-50-36-20-31(37-25(3)10-6-11-26(37)4)42-39(43-36)44-51(48,49)30-16-7-13-28(19-30)38(46)47/h6-7,10-11,13,16,19-22,24,27,29,33-34H,8-9,12,14-15,17-18,23H2,1-5H3,(H,42,43,44). The topological polar surface area (TPSA) is 131 Å². The van der Waals surface area contributed by atoms with Gasteiger partial charge in [-0.05, 0) is 93.5 Å². The second-order valence-corrected chi connectivity index (χ2v) is 16.4. The van der Waals surface area contributed by atoms with Crippen LogP contribution >= 0.6 is 0 Å². The number of anilines is 2. The van der Waals surface area contributed by atoms with Crippen molar-refractivity contribution in [1.82, 2.24) is 24.8 Å². The molecule has 4 heterocycles. The Morgan fingerprint density at radius 2 is 1.71 bits per heavy atom. The predicted octanol–water partition coefficient (Wildman–Crippen LogP) is 7.13. The summed E-state index contributed by atoms with van der Waals surface area (Å²) < 4.78 is 36.9. The molecule has 0 radical (unpaired) electrons. The lowest BCUT2D eigenvalue weighted by Gasteiger charge is -2.40. The van der Waals surface area contributed by atoms with Crippen LogP contribution in [0.2, 0.25) is 0 Å². The Hall–Kier alpha value is -4.58. The average Bonchev–Trinajstić information content (AvgIpc) is 3.24. The molecule has 12 heteroatoms. The highest BCUT2D eigenvalue weighted by atomic mass is 32.2. The third kappa shape index (κ3) is 7.15. The molecule has 1 N–H and O–H groups in total. The van der Waals surface area contributed by atoms with E-state index < -0.39 is 16.1 Å². The Balaban J connectivity index is 1.39. The van der Waals surface area contributed by atoms with E-state index in [1.54, 1.807) is 30.6 Å². The number of rotatable bonds is 6. The first-order chi connectivity index (χ1) is 24.5. The molecule has 2 fully saturated rings. The lowest BCUT2D eigenvalue weighted by atomic mass is 9.87. The number of sulfonamides is 1. The number of carbonyl (C=O) groups is 1. The van der Waals surface area contributed by atoms with Gasteiger partial charge in [-0.1, -0.05) is 44.5 Å². The third-order valence-corrected chi connectivity index (χ3v) is 12.0. The second kappa shape index (κ2) is 14.2. The van der Waals surface area contributed by atoms with Crippen LogP contribution in [-0.2, 0) is 10.0 Å². The van der Waals surface area contributed by atoms with Gasteiger partial charge in [-0.25, -0.2) is 23.1 Å². The Labute approximate surface area is 301 Å². The van der Waals surface area contributed by atoms with E-state index in [0.29, 0.717) is 24.1 Å². The fourth-order valence-corrected chi connectivity index (χ4v) is 8.88. The number of hydrogen-bond donors (Lipinski definition) is 1. The number of aromatic nitrogens is 4. The second-order valence-electron chi connectivity index (χ2n) is 14.7. The number of amides is 1. The summed E-state index contributed by atoms with van der Waals surface area (Å²) in [5.41, 5.74) is 4.41. The van der Waals surface area contributed by atoms with E-state index in [1.807, 2.05) is 36.9 Å². The number of benzene rings is 2. The van der Waals surface area contributed by atoms with E-state index >= 15 is 0 Å². The molecule has 1 amide bonds. The molecule has 1 saturated heterocycles. The Morgan fingerprint density at radius 3 is 2.43 bits per heavy atom. The summed E-state index contributed by atoms with van der Waals surface area (Å²) in [6, 6.07) is 13.6. The Bertz CT molecular complexity index is 2010. The van der Waals surface area contributed by atoms with E-state index in [-0.39, 0.29) is 46.8 Å². The van der Waals surface area contributed by atoms with Gasteiger partial charge in [0.1, 0.15) is 12.4 Å². The van der Waals surface area contributed by atoms with Crippen molar-refractivity contribution in [2.45, 2.75) is 95.7 Å². The molecule has 7 rings (SSSR count). The smallest absolute Gasteiger partial charge is 0.264 e. The maximum atomic E-state index is 15.0. The number of nitrogens with zero attached hydrogens (tertiary/aromatic N) is 6. The summed E-state index contributed by atoms with van der Waals surface area (Å²) in [6.07, 6.45) is 10.4. The summed E-state index contributed by atoms with van der Waals surface area (Å²) >= 11 is 0. The van der Waals surface area contributed by atoms with Crippen LogP contribution in [-0.4, -0.2) is 64.9 Å².